The maximum atomic E-state index is 12.4. The van der Waals surface area contributed by atoms with Gasteiger partial charge in [-0.3, -0.25) is 14.6 Å². The quantitative estimate of drug-likeness (QED) is 0.592. The number of carbonyl (C=O) groups is 1. The zero-order valence-corrected chi connectivity index (χ0v) is 10.1. The summed E-state index contributed by atoms with van der Waals surface area (Å²) in [5, 5.41) is 0. The second-order valence-corrected chi connectivity index (χ2v) is 6.66. The highest BCUT2D eigenvalue weighted by Gasteiger charge is 2.63. The van der Waals surface area contributed by atoms with Crippen LogP contribution in [0.1, 0.15) is 27.7 Å². The molecular formula is C12H20N2O. The fourth-order valence-corrected chi connectivity index (χ4v) is 3.89. The third kappa shape index (κ3) is 0.961. The van der Waals surface area contributed by atoms with Crippen molar-refractivity contribution >= 4 is 5.78 Å². The summed E-state index contributed by atoms with van der Waals surface area (Å²) in [5.74, 6) is 0.498. The Kier molecular flexibility index (Phi) is 1.50. The van der Waals surface area contributed by atoms with Crippen LogP contribution in [-0.2, 0) is 4.79 Å². The number of nitrogens with zero attached hydrogens (tertiary/aromatic N) is 2. The van der Waals surface area contributed by atoms with E-state index in [2.05, 4.69) is 37.5 Å². The average Bonchev–Trinajstić information content (AvgIpc) is 2.08. The highest BCUT2D eigenvalue weighted by atomic mass is 16.1. The molecule has 0 aliphatic carbocycles. The van der Waals surface area contributed by atoms with Gasteiger partial charge in [0, 0.05) is 26.2 Å². The van der Waals surface area contributed by atoms with Crippen LogP contribution in [-0.4, -0.2) is 47.4 Å². The van der Waals surface area contributed by atoms with Crippen LogP contribution in [0.5, 0.6) is 0 Å². The van der Waals surface area contributed by atoms with E-state index in [-0.39, 0.29) is 16.5 Å². The van der Waals surface area contributed by atoms with Crippen molar-refractivity contribution in [2.75, 3.05) is 26.2 Å². The van der Waals surface area contributed by atoms with Gasteiger partial charge in [-0.05, 0) is 13.8 Å². The number of ketones is 1. The highest BCUT2D eigenvalue weighted by Crippen LogP contribution is 2.50. The molecule has 4 saturated heterocycles. The zero-order chi connectivity index (χ0) is 11.1. The molecule has 0 amide bonds. The predicted octanol–water partition coefficient (Wildman–Crippen LogP) is 0.949. The van der Waals surface area contributed by atoms with Crippen molar-refractivity contribution in [2.45, 2.75) is 33.4 Å². The molecule has 0 saturated carbocycles. The van der Waals surface area contributed by atoms with E-state index in [4.69, 9.17) is 0 Å². The lowest BCUT2D eigenvalue weighted by Gasteiger charge is -2.68. The minimum Gasteiger partial charge on any atom is -0.298 e. The van der Waals surface area contributed by atoms with Gasteiger partial charge < -0.3 is 0 Å². The Morgan fingerprint density at radius 2 is 1.20 bits per heavy atom. The van der Waals surface area contributed by atoms with Crippen LogP contribution in [0.2, 0.25) is 0 Å². The summed E-state index contributed by atoms with van der Waals surface area (Å²) in [6, 6.07) is 0. The molecule has 4 bridgehead atoms. The summed E-state index contributed by atoms with van der Waals surface area (Å²) in [6.45, 7) is 12.6. The van der Waals surface area contributed by atoms with E-state index in [9.17, 15) is 4.79 Å². The standard InChI is InChI=1S/C12H20N2O/c1-10(2)13-5-11(3)6-14(10)8-12(4,7-13)9(11)15/h5-8H2,1-4H3. The van der Waals surface area contributed by atoms with Crippen molar-refractivity contribution in [3.63, 3.8) is 0 Å². The molecule has 4 aliphatic rings. The minimum absolute atomic E-state index is 0.110. The molecule has 0 spiro atoms. The normalized spacial score (nSPS) is 56.1. The molecule has 0 atom stereocenters. The second-order valence-electron chi connectivity index (χ2n) is 6.66. The number of Topliss-reactive ketones (excluding diaryl/α,β-unsaturated/α-hetero) is 1. The molecule has 3 heteroatoms. The lowest BCUT2D eigenvalue weighted by atomic mass is 9.61. The summed E-state index contributed by atoms with van der Waals surface area (Å²) in [7, 11) is 0. The Hall–Kier alpha value is -0.410. The van der Waals surface area contributed by atoms with Gasteiger partial charge in [0.2, 0.25) is 0 Å². The van der Waals surface area contributed by atoms with Crippen molar-refractivity contribution in [1.82, 2.24) is 9.80 Å². The van der Waals surface area contributed by atoms with E-state index in [1.807, 2.05) is 0 Å². The van der Waals surface area contributed by atoms with Gasteiger partial charge in [-0.1, -0.05) is 13.8 Å². The number of carbonyl (C=O) groups excluding carboxylic acids is 1. The molecule has 0 N–H and O–H groups in total. The van der Waals surface area contributed by atoms with Crippen molar-refractivity contribution in [2.24, 2.45) is 10.8 Å². The minimum atomic E-state index is -0.110. The number of rotatable bonds is 0. The third-order valence-corrected chi connectivity index (χ3v) is 4.80. The molecule has 4 heterocycles. The van der Waals surface area contributed by atoms with Gasteiger partial charge in [-0.25, -0.2) is 0 Å². The van der Waals surface area contributed by atoms with Gasteiger partial charge in [0.1, 0.15) is 5.78 Å². The largest absolute Gasteiger partial charge is 0.298 e. The highest BCUT2D eigenvalue weighted by molar-refractivity contribution is 5.92. The maximum absolute atomic E-state index is 12.4. The molecule has 4 rings (SSSR count). The molecule has 0 aromatic heterocycles. The van der Waals surface area contributed by atoms with Crippen LogP contribution in [0.15, 0.2) is 0 Å². The lowest BCUT2D eigenvalue weighted by Crippen LogP contribution is -2.81. The van der Waals surface area contributed by atoms with E-state index in [1.54, 1.807) is 0 Å². The van der Waals surface area contributed by atoms with Crippen molar-refractivity contribution in [1.29, 1.82) is 0 Å². The van der Waals surface area contributed by atoms with Gasteiger partial charge >= 0.3 is 0 Å². The number of hydrogen-bond acceptors (Lipinski definition) is 3. The molecule has 0 aromatic rings. The summed E-state index contributed by atoms with van der Waals surface area (Å²) >= 11 is 0. The number of hydrogen-bond donors (Lipinski definition) is 0. The van der Waals surface area contributed by atoms with Gasteiger partial charge in [-0.15, -0.1) is 0 Å². The molecule has 84 valence electrons. The summed E-state index contributed by atoms with van der Waals surface area (Å²) in [6.07, 6.45) is 0. The lowest BCUT2D eigenvalue weighted by molar-refractivity contribution is -0.219. The zero-order valence-electron chi connectivity index (χ0n) is 10.1. The fourth-order valence-electron chi connectivity index (χ4n) is 3.89. The van der Waals surface area contributed by atoms with Gasteiger partial charge in [0.15, 0.2) is 0 Å². The van der Waals surface area contributed by atoms with Crippen LogP contribution >= 0.6 is 0 Å². The van der Waals surface area contributed by atoms with Crippen LogP contribution < -0.4 is 0 Å². The van der Waals surface area contributed by atoms with E-state index in [0.717, 1.165) is 26.2 Å². The smallest absolute Gasteiger partial charge is 0.149 e. The van der Waals surface area contributed by atoms with Crippen molar-refractivity contribution in [3.05, 3.63) is 0 Å². The van der Waals surface area contributed by atoms with Crippen LogP contribution in [0.3, 0.4) is 0 Å². The molecule has 4 aliphatic heterocycles. The summed E-state index contributed by atoms with van der Waals surface area (Å²) in [4.78, 5) is 17.3. The number of piperidine rings is 2. The molecule has 0 unspecified atom stereocenters. The predicted molar refractivity (Wildman–Crippen MR) is 58.4 cm³/mol. The molecule has 15 heavy (non-hydrogen) atoms. The molecule has 3 nitrogen and oxygen atoms in total. The molecular weight excluding hydrogens is 188 g/mol. The summed E-state index contributed by atoms with van der Waals surface area (Å²) in [5.41, 5.74) is -0.0682. The maximum Gasteiger partial charge on any atom is 0.149 e. The summed E-state index contributed by atoms with van der Waals surface area (Å²) < 4.78 is 0. The van der Waals surface area contributed by atoms with Gasteiger partial charge in [-0.2, -0.15) is 0 Å². The van der Waals surface area contributed by atoms with Crippen molar-refractivity contribution in [3.8, 4) is 0 Å². The average molecular weight is 208 g/mol. The van der Waals surface area contributed by atoms with Crippen molar-refractivity contribution < 1.29 is 4.79 Å². The van der Waals surface area contributed by atoms with Crippen LogP contribution in [0.4, 0.5) is 0 Å². The van der Waals surface area contributed by atoms with Crippen LogP contribution in [0.25, 0.3) is 0 Å². The van der Waals surface area contributed by atoms with Gasteiger partial charge in [0.05, 0.1) is 16.5 Å². The molecule has 0 aromatic carbocycles. The van der Waals surface area contributed by atoms with E-state index >= 15 is 0 Å². The molecule has 0 radical (unpaired) electrons. The Labute approximate surface area is 91.4 Å². The second kappa shape index (κ2) is 2.30. The Morgan fingerprint density at radius 1 is 0.867 bits per heavy atom. The fraction of sp³-hybridized carbons (Fsp3) is 0.917. The van der Waals surface area contributed by atoms with E-state index in [1.165, 1.54) is 0 Å². The SMILES string of the molecule is CC12CN3CC(C)(CN(C1)C3(C)C)C2=O. The first-order chi connectivity index (χ1) is 6.78. The Bertz CT molecular complexity index is 306. The first-order valence-corrected chi connectivity index (χ1v) is 5.83. The Balaban J connectivity index is 2.10. The first-order valence-electron chi connectivity index (χ1n) is 5.83. The first kappa shape index (κ1) is 9.79. The van der Waals surface area contributed by atoms with E-state index in [0.29, 0.717) is 5.78 Å². The topological polar surface area (TPSA) is 23.6 Å². The Morgan fingerprint density at radius 3 is 1.53 bits per heavy atom. The van der Waals surface area contributed by atoms with Gasteiger partial charge in [0.25, 0.3) is 0 Å². The van der Waals surface area contributed by atoms with Crippen LogP contribution in [0, 0.1) is 10.8 Å². The van der Waals surface area contributed by atoms with E-state index < -0.39 is 0 Å². The molecule has 4 fully saturated rings. The third-order valence-electron chi connectivity index (χ3n) is 4.80. The monoisotopic (exact) mass is 208 g/mol.